The van der Waals surface area contributed by atoms with E-state index < -0.39 is 0 Å². The minimum Gasteiger partial charge on any atom is -0.387 e. The Morgan fingerprint density at radius 2 is 2.07 bits per heavy atom. The molecule has 0 saturated heterocycles. The van der Waals surface area contributed by atoms with Gasteiger partial charge in [-0.25, -0.2) is 0 Å². The van der Waals surface area contributed by atoms with Gasteiger partial charge in [0.15, 0.2) is 5.60 Å². The molecule has 2 aliphatic carbocycles. The van der Waals surface area contributed by atoms with Gasteiger partial charge in [-0.2, -0.15) is 0 Å². The number of nitrogens with zero attached hydrogens (tertiary/aromatic N) is 1. The maximum Gasteiger partial charge on any atom is 0.162 e. The predicted molar refractivity (Wildman–Crippen MR) is 61.3 cm³/mol. The first-order chi connectivity index (χ1) is 7.33. The van der Waals surface area contributed by atoms with E-state index in [-0.39, 0.29) is 11.0 Å². The number of alkyl halides is 1. The highest BCUT2D eigenvalue weighted by Crippen LogP contribution is 2.48. The maximum atomic E-state index is 6.50. The van der Waals surface area contributed by atoms with Crippen LogP contribution >= 0.6 is 11.6 Å². The number of halogens is 1. The molecule has 1 spiro atoms. The Balaban J connectivity index is 1.87. The van der Waals surface area contributed by atoms with Crippen molar-refractivity contribution in [3.63, 3.8) is 0 Å². The zero-order valence-electron chi connectivity index (χ0n) is 9.04. The molecule has 0 bridgehead atoms. The van der Waals surface area contributed by atoms with Crippen molar-refractivity contribution in [2.45, 2.75) is 62.3 Å². The summed E-state index contributed by atoms with van der Waals surface area (Å²) >= 11 is 6.50. The molecule has 3 atom stereocenters. The minimum absolute atomic E-state index is 0.116. The lowest BCUT2D eigenvalue weighted by Gasteiger charge is -2.41. The molecule has 1 unspecified atom stereocenters. The number of hydrogen-bond acceptors (Lipinski definition) is 2. The van der Waals surface area contributed by atoms with Crippen LogP contribution in [0.3, 0.4) is 0 Å². The Hall–Kier alpha value is -0.240. The van der Waals surface area contributed by atoms with E-state index in [0.29, 0.717) is 5.92 Å². The Labute approximate surface area is 96.0 Å². The van der Waals surface area contributed by atoms with Gasteiger partial charge in [0.1, 0.15) is 0 Å². The van der Waals surface area contributed by atoms with Gasteiger partial charge < -0.3 is 4.84 Å². The van der Waals surface area contributed by atoms with Gasteiger partial charge in [0.25, 0.3) is 0 Å². The molecule has 3 heteroatoms. The Bertz CT molecular complexity index is 291. The summed E-state index contributed by atoms with van der Waals surface area (Å²) in [5.41, 5.74) is 1.18. The first-order valence-electron chi connectivity index (χ1n) is 6.22. The second-order valence-electron chi connectivity index (χ2n) is 5.14. The van der Waals surface area contributed by atoms with Crippen LogP contribution in [0.25, 0.3) is 0 Å². The van der Waals surface area contributed by atoms with E-state index in [9.17, 15) is 0 Å². The fourth-order valence-electron chi connectivity index (χ4n) is 3.46. The van der Waals surface area contributed by atoms with Crippen molar-refractivity contribution in [1.82, 2.24) is 0 Å². The molecule has 1 heterocycles. The van der Waals surface area contributed by atoms with Gasteiger partial charge in [0, 0.05) is 5.92 Å². The lowest BCUT2D eigenvalue weighted by Crippen LogP contribution is -2.49. The van der Waals surface area contributed by atoms with E-state index in [0.717, 1.165) is 19.3 Å². The topological polar surface area (TPSA) is 21.6 Å². The first-order valence-corrected chi connectivity index (χ1v) is 6.65. The average molecular weight is 228 g/mol. The normalized spacial score (nSPS) is 44.7. The second-order valence-corrected chi connectivity index (χ2v) is 5.67. The first kappa shape index (κ1) is 9.95. The molecule has 2 saturated carbocycles. The molecular weight excluding hydrogens is 210 g/mol. The standard InChI is InChI=1S/C12H18ClNO/c13-11-7-3-4-8-12(11)9-5-1-2-6-10(9)14-15-12/h9,11H,1-8H2/t9?,11-,12+/m1/s1. The van der Waals surface area contributed by atoms with Crippen LogP contribution < -0.4 is 0 Å². The summed E-state index contributed by atoms with van der Waals surface area (Å²) < 4.78 is 0. The van der Waals surface area contributed by atoms with E-state index in [4.69, 9.17) is 16.4 Å². The molecule has 3 aliphatic rings. The van der Waals surface area contributed by atoms with Crippen molar-refractivity contribution < 1.29 is 4.84 Å². The highest BCUT2D eigenvalue weighted by Gasteiger charge is 2.54. The fourth-order valence-corrected chi connectivity index (χ4v) is 3.91. The number of hydrogen-bond donors (Lipinski definition) is 0. The highest BCUT2D eigenvalue weighted by molar-refractivity contribution is 6.21. The smallest absolute Gasteiger partial charge is 0.162 e. The van der Waals surface area contributed by atoms with E-state index >= 15 is 0 Å². The minimum atomic E-state index is -0.116. The summed E-state index contributed by atoms with van der Waals surface area (Å²) in [4.78, 5) is 5.80. The summed E-state index contributed by atoms with van der Waals surface area (Å²) in [6, 6.07) is 0. The summed E-state index contributed by atoms with van der Waals surface area (Å²) in [6.07, 6.45) is 9.68. The molecule has 15 heavy (non-hydrogen) atoms. The van der Waals surface area contributed by atoms with Gasteiger partial charge in [-0.1, -0.05) is 18.0 Å². The zero-order valence-corrected chi connectivity index (χ0v) is 9.80. The Kier molecular flexibility index (Phi) is 2.42. The van der Waals surface area contributed by atoms with E-state index in [1.165, 1.54) is 37.8 Å². The van der Waals surface area contributed by atoms with Crippen molar-refractivity contribution in [3.05, 3.63) is 0 Å². The molecular formula is C12H18ClNO. The van der Waals surface area contributed by atoms with Crippen molar-refractivity contribution in [2.24, 2.45) is 11.1 Å². The quantitative estimate of drug-likeness (QED) is 0.581. The third-order valence-corrected chi connectivity index (χ3v) is 4.89. The van der Waals surface area contributed by atoms with Gasteiger partial charge >= 0.3 is 0 Å². The summed E-state index contributed by atoms with van der Waals surface area (Å²) in [6.45, 7) is 0. The number of fused-ring (bicyclic) bond motifs is 2. The van der Waals surface area contributed by atoms with E-state index in [2.05, 4.69) is 5.16 Å². The average Bonchev–Trinajstić information content (AvgIpc) is 2.64. The van der Waals surface area contributed by atoms with E-state index in [1.54, 1.807) is 0 Å². The summed E-state index contributed by atoms with van der Waals surface area (Å²) in [7, 11) is 0. The number of oxime groups is 1. The van der Waals surface area contributed by atoms with Crippen LogP contribution in [0.15, 0.2) is 5.16 Å². The lowest BCUT2D eigenvalue weighted by atomic mass is 9.69. The van der Waals surface area contributed by atoms with Crippen molar-refractivity contribution in [2.75, 3.05) is 0 Å². The van der Waals surface area contributed by atoms with Crippen LogP contribution in [0.4, 0.5) is 0 Å². The molecule has 0 radical (unpaired) electrons. The molecule has 3 rings (SSSR count). The van der Waals surface area contributed by atoms with Gasteiger partial charge in [-0.05, 0) is 38.5 Å². The van der Waals surface area contributed by atoms with Crippen molar-refractivity contribution in [3.8, 4) is 0 Å². The van der Waals surface area contributed by atoms with Crippen LogP contribution in [0, 0.1) is 5.92 Å². The van der Waals surface area contributed by atoms with Crippen LogP contribution in [0.1, 0.15) is 51.4 Å². The SMILES string of the molecule is Cl[C@@H]1CCCC[C@@]12ON=C1CCCCC12. The largest absolute Gasteiger partial charge is 0.387 e. The van der Waals surface area contributed by atoms with Crippen LogP contribution in [0.5, 0.6) is 0 Å². The molecule has 2 fully saturated rings. The lowest BCUT2D eigenvalue weighted by molar-refractivity contribution is -0.0689. The predicted octanol–water partition coefficient (Wildman–Crippen LogP) is 3.48. The van der Waals surface area contributed by atoms with Crippen molar-refractivity contribution >= 4 is 17.3 Å². The van der Waals surface area contributed by atoms with E-state index in [1.807, 2.05) is 0 Å². The Morgan fingerprint density at radius 1 is 1.20 bits per heavy atom. The number of rotatable bonds is 0. The molecule has 0 aromatic rings. The molecule has 0 aromatic carbocycles. The van der Waals surface area contributed by atoms with Crippen LogP contribution in [-0.4, -0.2) is 16.7 Å². The molecule has 0 aromatic heterocycles. The molecule has 0 amide bonds. The second kappa shape index (κ2) is 3.65. The van der Waals surface area contributed by atoms with Gasteiger partial charge in [-0.15, -0.1) is 11.6 Å². The van der Waals surface area contributed by atoms with Gasteiger partial charge in [0.05, 0.1) is 11.1 Å². The molecule has 84 valence electrons. The Morgan fingerprint density at radius 3 is 2.93 bits per heavy atom. The van der Waals surface area contributed by atoms with Crippen LogP contribution in [-0.2, 0) is 4.84 Å². The fraction of sp³-hybridized carbons (Fsp3) is 0.917. The monoisotopic (exact) mass is 227 g/mol. The van der Waals surface area contributed by atoms with Gasteiger partial charge in [0.2, 0.25) is 0 Å². The molecule has 0 N–H and O–H groups in total. The summed E-state index contributed by atoms with van der Waals surface area (Å²) in [5.74, 6) is 0.536. The molecule has 1 aliphatic heterocycles. The summed E-state index contributed by atoms with van der Waals surface area (Å²) in [5, 5.41) is 4.49. The highest BCUT2D eigenvalue weighted by atomic mass is 35.5. The zero-order chi connectivity index (χ0) is 10.3. The maximum absolute atomic E-state index is 6.50. The van der Waals surface area contributed by atoms with Crippen molar-refractivity contribution in [1.29, 1.82) is 0 Å². The molecule has 2 nitrogen and oxygen atoms in total. The van der Waals surface area contributed by atoms with Gasteiger partial charge in [-0.3, -0.25) is 0 Å². The van der Waals surface area contributed by atoms with Crippen LogP contribution in [0.2, 0.25) is 0 Å². The third-order valence-electron chi connectivity index (χ3n) is 4.31. The third kappa shape index (κ3) is 1.41.